The van der Waals surface area contributed by atoms with Gasteiger partial charge < -0.3 is 33.8 Å². The lowest BCUT2D eigenvalue weighted by Crippen LogP contribution is -2.30. The van der Waals surface area contributed by atoms with Gasteiger partial charge in [0.15, 0.2) is 12.2 Å². The minimum atomic E-state index is -4.95. The van der Waals surface area contributed by atoms with Gasteiger partial charge in [-0.1, -0.05) is 291 Å². The van der Waals surface area contributed by atoms with Crippen molar-refractivity contribution >= 4 is 39.5 Å². The average molecular weight is 1270 g/mol. The number of unbranched alkanes of at least 4 members (excludes halogenated alkanes) is 39. The van der Waals surface area contributed by atoms with E-state index in [0.29, 0.717) is 25.7 Å². The van der Waals surface area contributed by atoms with E-state index in [1.54, 1.807) is 0 Å². The SMILES string of the molecule is CCCCCCCCCCCCC(=O)OC[C@H](COP(=O)(O)OC[C@@H](O)COP(=O)(O)OC[C@@H](COC(=O)CCCCCCCCC)OC(=O)CCCCCCCCCCCC)OC(=O)CCCCCCCCCCCCCCCCCCC(C)C. The molecule has 0 spiro atoms. The second kappa shape index (κ2) is 60.6. The van der Waals surface area contributed by atoms with E-state index in [-0.39, 0.29) is 25.7 Å². The highest BCUT2D eigenvalue weighted by atomic mass is 31.2. The summed E-state index contributed by atoms with van der Waals surface area (Å²) in [5, 5.41) is 10.5. The molecule has 0 aromatic heterocycles. The predicted octanol–water partition coefficient (Wildman–Crippen LogP) is 19.0. The number of carbonyl (C=O) groups is 4. The summed E-state index contributed by atoms with van der Waals surface area (Å²) in [6.07, 6.45) is 45.9. The van der Waals surface area contributed by atoms with Gasteiger partial charge in [0, 0.05) is 25.7 Å². The number of hydrogen-bond acceptors (Lipinski definition) is 15. The quantitative estimate of drug-likeness (QED) is 0.0222. The molecule has 0 saturated carbocycles. The molecular weight excluding hydrogens is 1140 g/mol. The van der Waals surface area contributed by atoms with Crippen molar-refractivity contribution in [3.05, 3.63) is 0 Å². The van der Waals surface area contributed by atoms with E-state index in [4.69, 9.17) is 37.0 Å². The summed E-state index contributed by atoms with van der Waals surface area (Å²) in [4.78, 5) is 72.2. The molecule has 3 N–H and O–H groups in total. The number of hydrogen-bond donors (Lipinski definition) is 3. The lowest BCUT2D eigenvalue weighted by molar-refractivity contribution is -0.161. The molecule has 0 aromatic rings. The zero-order chi connectivity index (χ0) is 63.5. The Balaban J connectivity index is 5.14. The molecule has 0 radical (unpaired) electrons. The van der Waals surface area contributed by atoms with Crippen LogP contribution in [0, 0.1) is 5.92 Å². The number of ether oxygens (including phenoxy) is 4. The Hall–Kier alpha value is -1.94. The Labute approximate surface area is 524 Å². The van der Waals surface area contributed by atoms with Gasteiger partial charge >= 0.3 is 39.5 Å². The Morgan fingerprint density at radius 3 is 0.791 bits per heavy atom. The van der Waals surface area contributed by atoms with E-state index in [0.717, 1.165) is 109 Å². The lowest BCUT2D eigenvalue weighted by Gasteiger charge is -2.21. The van der Waals surface area contributed by atoms with Crippen molar-refractivity contribution in [1.29, 1.82) is 0 Å². The van der Waals surface area contributed by atoms with Crippen LogP contribution < -0.4 is 0 Å². The zero-order valence-electron chi connectivity index (χ0n) is 55.4. The zero-order valence-corrected chi connectivity index (χ0v) is 57.2. The van der Waals surface area contributed by atoms with E-state index in [1.165, 1.54) is 154 Å². The van der Waals surface area contributed by atoms with Crippen LogP contribution in [0.2, 0.25) is 0 Å². The van der Waals surface area contributed by atoms with Gasteiger partial charge in [0.2, 0.25) is 0 Å². The summed E-state index contributed by atoms with van der Waals surface area (Å²) >= 11 is 0. The third-order valence-electron chi connectivity index (χ3n) is 15.5. The normalized spacial score (nSPS) is 14.2. The summed E-state index contributed by atoms with van der Waals surface area (Å²) in [6.45, 7) is 7.19. The van der Waals surface area contributed by atoms with Gasteiger partial charge in [0.25, 0.3) is 0 Å². The fraction of sp³-hybridized carbons (Fsp3) is 0.940. The molecule has 0 fully saturated rings. The van der Waals surface area contributed by atoms with Crippen molar-refractivity contribution in [1.82, 2.24) is 0 Å². The number of phosphoric ester groups is 2. The van der Waals surface area contributed by atoms with Crippen LogP contribution in [0.4, 0.5) is 0 Å². The predicted molar refractivity (Wildman–Crippen MR) is 345 cm³/mol. The van der Waals surface area contributed by atoms with Gasteiger partial charge in [-0.15, -0.1) is 0 Å². The molecule has 0 saturated heterocycles. The maximum absolute atomic E-state index is 13.0. The second-order valence-electron chi connectivity index (χ2n) is 24.7. The van der Waals surface area contributed by atoms with E-state index in [2.05, 4.69) is 34.6 Å². The number of rotatable bonds is 67. The first-order chi connectivity index (χ1) is 41.5. The third-order valence-corrected chi connectivity index (χ3v) is 17.4. The lowest BCUT2D eigenvalue weighted by atomic mass is 10.0. The molecule has 2 unspecified atom stereocenters. The van der Waals surface area contributed by atoms with Crippen LogP contribution in [0.25, 0.3) is 0 Å². The van der Waals surface area contributed by atoms with Gasteiger partial charge in [-0.2, -0.15) is 0 Å². The smallest absolute Gasteiger partial charge is 0.462 e. The van der Waals surface area contributed by atoms with E-state index in [1.807, 2.05) is 0 Å². The summed E-state index contributed by atoms with van der Waals surface area (Å²) in [7, 11) is -9.88. The minimum absolute atomic E-state index is 0.106. The molecule has 0 aromatic carbocycles. The highest BCUT2D eigenvalue weighted by Crippen LogP contribution is 2.45. The van der Waals surface area contributed by atoms with E-state index >= 15 is 0 Å². The van der Waals surface area contributed by atoms with Gasteiger partial charge in [0.05, 0.1) is 26.4 Å². The van der Waals surface area contributed by atoms with Gasteiger partial charge in [-0.3, -0.25) is 37.3 Å². The van der Waals surface area contributed by atoms with Crippen molar-refractivity contribution in [3.63, 3.8) is 0 Å². The van der Waals surface area contributed by atoms with Crippen LogP contribution in [0.5, 0.6) is 0 Å². The van der Waals surface area contributed by atoms with Crippen molar-refractivity contribution in [3.8, 4) is 0 Å². The molecule has 86 heavy (non-hydrogen) atoms. The van der Waals surface area contributed by atoms with Crippen molar-refractivity contribution in [2.45, 2.75) is 361 Å². The topological polar surface area (TPSA) is 237 Å². The second-order valence-corrected chi connectivity index (χ2v) is 27.6. The standard InChI is InChI=1S/C67H130O17P2/c1-6-9-12-15-18-20-31-36-41-46-51-65(70)78-57-63(84-67(72)53-48-43-38-33-29-27-25-23-22-24-26-28-30-35-39-44-49-60(4)5)59-82-86(75,76)80-55-61(68)54-79-85(73,74)81-58-62(56-77-64(69)50-45-40-34-17-14-11-8-3)83-66(71)52-47-42-37-32-21-19-16-13-10-7-2/h60-63,68H,6-59H2,1-5H3,(H,73,74)(H,75,76)/t61-,62+,63+/m0/s1. The number of aliphatic hydroxyl groups is 1. The van der Waals surface area contributed by atoms with Gasteiger partial charge in [-0.25, -0.2) is 9.13 Å². The average Bonchev–Trinajstić information content (AvgIpc) is 3.59. The molecule has 5 atom stereocenters. The molecule has 0 aliphatic rings. The van der Waals surface area contributed by atoms with E-state index in [9.17, 15) is 43.2 Å². The van der Waals surface area contributed by atoms with Crippen LogP contribution in [-0.4, -0.2) is 96.7 Å². The van der Waals surface area contributed by atoms with Crippen LogP contribution >= 0.6 is 15.6 Å². The van der Waals surface area contributed by atoms with Crippen LogP contribution in [0.3, 0.4) is 0 Å². The van der Waals surface area contributed by atoms with Crippen molar-refractivity contribution in [2.24, 2.45) is 5.92 Å². The number of carbonyl (C=O) groups excluding carboxylic acids is 4. The summed E-state index contributed by atoms with van der Waals surface area (Å²) in [6, 6.07) is 0. The van der Waals surface area contributed by atoms with Gasteiger partial charge in [-0.05, 0) is 31.6 Å². The first-order valence-electron chi connectivity index (χ1n) is 35.1. The highest BCUT2D eigenvalue weighted by Gasteiger charge is 2.30. The number of phosphoric acid groups is 2. The van der Waals surface area contributed by atoms with Crippen molar-refractivity contribution < 1.29 is 80.2 Å². The first-order valence-corrected chi connectivity index (χ1v) is 38.1. The summed E-state index contributed by atoms with van der Waals surface area (Å²) in [5.74, 6) is -1.32. The molecule has 0 aliphatic heterocycles. The molecule has 0 amide bonds. The van der Waals surface area contributed by atoms with Crippen molar-refractivity contribution in [2.75, 3.05) is 39.6 Å². The highest BCUT2D eigenvalue weighted by molar-refractivity contribution is 7.47. The molecule has 17 nitrogen and oxygen atoms in total. The molecule has 0 bridgehead atoms. The monoisotopic (exact) mass is 1270 g/mol. The summed E-state index contributed by atoms with van der Waals surface area (Å²) in [5.41, 5.74) is 0. The Bertz CT molecular complexity index is 1670. The van der Waals surface area contributed by atoms with Gasteiger partial charge in [0.1, 0.15) is 19.3 Å². The molecule has 0 heterocycles. The number of esters is 4. The fourth-order valence-corrected chi connectivity index (χ4v) is 11.7. The van der Waals surface area contributed by atoms with Crippen LogP contribution in [-0.2, 0) is 65.4 Å². The summed E-state index contributed by atoms with van der Waals surface area (Å²) < 4.78 is 68.0. The molecule has 19 heteroatoms. The largest absolute Gasteiger partial charge is 0.472 e. The Morgan fingerprint density at radius 1 is 0.314 bits per heavy atom. The minimum Gasteiger partial charge on any atom is -0.462 e. The molecule has 510 valence electrons. The third kappa shape index (κ3) is 60.9. The van der Waals surface area contributed by atoms with Crippen LogP contribution in [0.15, 0.2) is 0 Å². The number of aliphatic hydroxyl groups excluding tert-OH is 1. The van der Waals surface area contributed by atoms with E-state index < -0.39 is 97.5 Å². The molecule has 0 rings (SSSR count). The van der Waals surface area contributed by atoms with Crippen LogP contribution in [0.1, 0.15) is 343 Å². The molecular formula is C67H130O17P2. The first kappa shape index (κ1) is 84.1. The maximum atomic E-state index is 13.0. The Kier molecular flexibility index (Phi) is 59.2. The fourth-order valence-electron chi connectivity index (χ4n) is 10.1. The molecule has 0 aliphatic carbocycles. The Morgan fingerprint density at radius 2 is 0.535 bits per heavy atom. The maximum Gasteiger partial charge on any atom is 0.472 e.